The molecule has 4 heteroatoms. The third kappa shape index (κ3) is 3.97. The number of oxazole rings is 1. The lowest BCUT2D eigenvalue weighted by Crippen LogP contribution is -2.31. The quantitative estimate of drug-likeness (QED) is 0.215. The molecule has 0 bridgehead atoms. The van der Waals surface area contributed by atoms with Crippen molar-refractivity contribution in [3.8, 4) is 34.0 Å². The van der Waals surface area contributed by atoms with E-state index in [0.29, 0.717) is 11.9 Å². The smallest absolute Gasteiger partial charge is 0.294 e. The van der Waals surface area contributed by atoms with Crippen molar-refractivity contribution in [2.45, 2.75) is 58.9 Å². The Balaban J connectivity index is 1.44. The van der Waals surface area contributed by atoms with Crippen molar-refractivity contribution in [1.82, 2.24) is 9.55 Å². The summed E-state index contributed by atoms with van der Waals surface area (Å²) in [6, 6.07) is 28.7. The van der Waals surface area contributed by atoms with E-state index in [1.165, 1.54) is 76.8 Å². The Hall–Kier alpha value is -4.18. The van der Waals surface area contributed by atoms with Gasteiger partial charge in [-0.15, -0.1) is 0 Å². The summed E-state index contributed by atoms with van der Waals surface area (Å²) in [6.45, 7) is 6.53. The zero-order valence-electron chi connectivity index (χ0n) is 23.9. The third-order valence-corrected chi connectivity index (χ3v) is 8.83. The second kappa shape index (κ2) is 9.78. The molecule has 0 N–H and O–H groups in total. The second-order valence-electron chi connectivity index (χ2n) is 11.5. The average Bonchev–Trinajstić information content (AvgIpc) is 3.52. The van der Waals surface area contributed by atoms with Gasteiger partial charge in [0.2, 0.25) is 5.89 Å². The summed E-state index contributed by atoms with van der Waals surface area (Å²) < 4.78 is 11.7. The molecule has 200 valence electrons. The minimum absolute atomic E-state index is 0.488. The highest BCUT2D eigenvalue weighted by molar-refractivity contribution is 5.93. The predicted octanol–water partition coefficient (Wildman–Crippen LogP) is 9.04. The first-order valence-electron chi connectivity index (χ1n) is 14.6. The molecule has 0 aliphatic heterocycles. The summed E-state index contributed by atoms with van der Waals surface area (Å²) >= 11 is 0. The van der Waals surface area contributed by atoms with Crippen molar-refractivity contribution < 1.29 is 8.98 Å². The number of aromatic nitrogens is 3. The van der Waals surface area contributed by atoms with E-state index in [1.54, 1.807) is 0 Å². The standard InChI is InChI=1S/C36H36N3O/c1-23-19-20-29-34(40-35(37-29)32-24(2)21-27(22-25(32)3)26-13-7-5-8-14-26)33(23)36-38(4)30-17-11-12-18-31(30)39(36)28-15-9-6-10-16-28/h5,7-8,11-14,17-22,28H,6,9-10,15-16H2,1-4H3/q+1. The molecular weight excluding hydrogens is 490 g/mol. The van der Waals surface area contributed by atoms with Crippen LogP contribution in [-0.2, 0) is 7.05 Å². The molecule has 2 heterocycles. The molecule has 1 aliphatic rings. The molecule has 1 saturated carbocycles. The number of benzene rings is 4. The summed E-state index contributed by atoms with van der Waals surface area (Å²) in [4.78, 5) is 5.07. The Morgan fingerprint density at radius 1 is 0.750 bits per heavy atom. The van der Waals surface area contributed by atoms with E-state index in [0.717, 1.165) is 22.2 Å². The normalized spacial score (nSPS) is 14.4. The maximum atomic E-state index is 6.78. The van der Waals surface area contributed by atoms with Crippen LogP contribution in [0.4, 0.5) is 0 Å². The van der Waals surface area contributed by atoms with E-state index in [2.05, 4.69) is 116 Å². The largest absolute Gasteiger partial charge is 0.435 e. The van der Waals surface area contributed by atoms with Crippen LogP contribution >= 0.6 is 0 Å². The van der Waals surface area contributed by atoms with E-state index >= 15 is 0 Å². The van der Waals surface area contributed by atoms with Gasteiger partial charge >= 0.3 is 0 Å². The van der Waals surface area contributed by atoms with Gasteiger partial charge in [-0.1, -0.05) is 67.1 Å². The van der Waals surface area contributed by atoms with E-state index in [-0.39, 0.29) is 0 Å². The van der Waals surface area contributed by atoms with Gasteiger partial charge in [-0.3, -0.25) is 0 Å². The number of hydrogen-bond acceptors (Lipinski definition) is 2. The molecule has 7 rings (SSSR count). The van der Waals surface area contributed by atoms with Crippen molar-refractivity contribution in [2.24, 2.45) is 7.05 Å². The van der Waals surface area contributed by atoms with E-state index in [1.807, 2.05) is 0 Å². The lowest BCUT2D eigenvalue weighted by Gasteiger charge is -2.21. The van der Waals surface area contributed by atoms with Gasteiger partial charge in [0.05, 0.1) is 7.05 Å². The Bertz CT molecular complexity index is 1850. The van der Waals surface area contributed by atoms with Crippen molar-refractivity contribution >= 4 is 22.1 Å². The number of aryl methyl sites for hydroxylation is 4. The van der Waals surface area contributed by atoms with Gasteiger partial charge in [-0.25, -0.2) is 14.1 Å². The van der Waals surface area contributed by atoms with Crippen LogP contribution in [0.3, 0.4) is 0 Å². The minimum Gasteiger partial charge on any atom is -0.435 e. The molecule has 1 aliphatic carbocycles. The summed E-state index contributed by atoms with van der Waals surface area (Å²) in [5, 5.41) is 0. The average molecular weight is 527 g/mol. The maximum Gasteiger partial charge on any atom is 0.294 e. The molecule has 0 atom stereocenters. The van der Waals surface area contributed by atoms with Gasteiger partial charge in [0, 0.05) is 5.56 Å². The topological polar surface area (TPSA) is 34.8 Å². The monoisotopic (exact) mass is 526 g/mol. The van der Waals surface area contributed by atoms with E-state index in [4.69, 9.17) is 9.40 Å². The highest BCUT2D eigenvalue weighted by Crippen LogP contribution is 2.40. The van der Waals surface area contributed by atoms with Crippen molar-refractivity contribution in [3.63, 3.8) is 0 Å². The summed E-state index contributed by atoms with van der Waals surface area (Å²) in [5.74, 6) is 1.91. The van der Waals surface area contributed by atoms with Gasteiger partial charge in [0.15, 0.2) is 16.6 Å². The molecule has 1 fully saturated rings. The van der Waals surface area contributed by atoms with Crippen LogP contribution < -0.4 is 4.57 Å². The zero-order valence-corrected chi connectivity index (χ0v) is 23.9. The lowest BCUT2D eigenvalue weighted by atomic mass is 9.94. The Morgan fingerprint density at radius 2 is 1.45 bits per heavy atom. The molecule has 40 heavy (non-hydrogen) atoms. The van der Waals surface area contributed by atoms with Crippen LogP contribution in [0.25, 0.3) is 56.1 Å². The van der Waals surface area contributed by atoms with E-state index in [9.17, 15) is 0 Å². The first-order valence-corrected chi connectivity index (χ1v) is 14.6. The molecule has 0 unspecified atom stereocenters. The summed E-state index contributed by atoms with van der Waals surface area (Å²) in [5.41, 5.74) is 12.5. The van der Waals surface area contributed by atoms with Crippen LogP contribution in [0.1, 0.15) is 54.8 Å². The Labute approximate surface area is 235 Å². The number of nitrogens with zero attached hydrogens (tertiary/aromatic N) is 3. The fraction of sp³-hybridized carbons (Fsp3) is 0.278. The summed E-state index contributed by atoms with van der Waals surface area (Å²) in [7, 11) is 2.20. The molecule has 0 spiro atoms. The number of para-hydroxylation sites is 2. The zero-order chi connectivity index (χ0) is 27.4. The van der Waals surface area contributed by atoms with Gasteiger partial charge in [0.25, 0.3) is 5.82 Å². The third-order valence-electron chi connectivity index (χ3n) is 8.83. The molecule has 4 nitrogen and oxygen atoms in total. The predicted molar refractivity (Wildman–Crippen MR) is 163 cm³/mol. The van der Waals surface area contributed by atoms with E-state index < -0.39 is 0 Å². The fourth-order valence-electron chi connectivity index (χ4n) is 6.91. The SMILES string of the molecule is Cc1cc(-c2ccccc2)cc(C)c1-c1nc2ccc(C)c(-c3n(C4CCCCC4)c4ccccc4[n+]3C)c2o1. The molecule has 0 radical (unpaired) electrons. The van der Waals surface area contributed by atoms with Gasteiger partial charge < -0.3 is 4.42 Å². The van der Waals surface area contributed by atoms with Crippen LogP contribution in [0, 0.1) is 20.8 Å². The van der Waals surface area contributed by atoms with Crippen LogP contribution in [0.5, 0.6) is 0 Å². The first-order chi connectivity index (χ1) is 19.5. The molecular formula is C36H36N3O+. The highest BCUT2D eigenvalue weighted by Gasteiger charge is 2.34. The molecule has 6 aromatic rings. The lowest BCUT2D eigenvalue weighted by molar-refractivity contribution is -0.634. The highest BCUT2D eigenvalue weighted by atomic mass is 16.3. The van der Waals surface area contributed by atoms with Crippen molar-refractivity contribution in [1.29, 1.82) is 0 Å². The van der Waals surface area contributed by atoms with Gasteiger partial charge in [-0.05, 0) is 92.5 Å². The molecule has 0 saturated heterocycles. The van der Waals surface area contributed by atoms with Crippen LogP contribution in [0.15, 0.2) is 83.3 Å². The second-order valence-corrected chi connectivity index (χ2v) is 11.5. The number of imidazole rings is 1. The van der Waals surface area contributed by atoms with Crippen molar-refractivity contribution in [3.05, 3.63) is 95.6 Å². The number of rotatable bonds is 4. The summed E-state index contributed by atoms with van der Waals surface area (Å²) in [6.07, 6.45) is 6.34. The van der Waals surface area contributed by atoms with Crippen LogP contribution in [-0.4, -0.2) is 9.55 Å². The maximum absolute atomic E-state index is 6.78. The Morgan fingerprint density at radius 3 is 2.20 bits per heavy atom. The molecule has 4 aromatic carbocycles. The van der Waals surface area contributed by atoms with Crippen molar-refractivity contribution in [2.75, 3.05) is 0 Å². The first kappa shape index (κ1) is 24.8. The fourth-order valence-corrected chi connectivity index (χ4v) is 6.91. The Kier molecular flexibility index (Phi) is 6.07. The molecule has 0 amide bonds. The van der Waals surface area contributed by atoms with Crippen LogP contribution in [0.2, 0.25) is 0 Å². The molecule has 2 aromatic heterocycles. The number of hydrogen-bond donors (Lipinski definition) is 0. The van der Waals surface area contributed by atoms with Gasteiger partial charge in [0.1, 0.15) is 17.1 Å². The number of fused-ring (bicyclic) bond motifs is 2. The minimum atomic E-state index is 0.488. The van der Waals surface area contributed by atoms with Gasteiger partial charge in [-0.2, -0.15) is 0 Å².